The van der Waals surface area contributed by atoms with Gasteiger partial charge in [-0.25, -0.2) is 0 Å². The molecule has 2 aliphatic rings. The molecule has 20 heavy (non-hydrogen) atoms. The van der Waals surface area contributed by atoms with Crippen molar-refractivity contribution in [1.29, 1.82) is 0 Å². The van der Waals surface area contributed by atoms with Crippen molar-refractivity contribution in [3.05, 3.63) is 34.9 Å². The topological polar surface area (TPSA) is 37.3 Å². The van der Waals surface area contributed by atoms with E-state index in [2.05, 4.69) is 0 Å². The van der Waals surface area contributed by atoms with Crippen molar-refractivity contribution in [1.82, 2.24) is 0 Å². The zero-order valence-electron chi connectivity index (χ0n) is 11.7. The van der Waals surface area contributed by atoms with E-state index < -0.39 is 11.4 Å². The molecule has 0 bridgehead atoms. The highest BCUT2D eigenvalue weighted by Crippen LogP contribution is 2.61. The molecule has 0 radical (unpaired) electrons. The van der Waals surface area contributed by atoms with Gasteiger partial charge in [0.05, 0.1) is 5.41 Å². The first-order chi connectivity index (χ1) is 9.56. The summed E-state index contributed by atoms with van der Waals surface area (Å²) in [7, 11) is 0. The Bertz CT molecular complexity index is 507. The normalized spacial score (nSPS) is 23.9. The molecule has 2 saturated carbocycles. The quantitative estimate of drug-likeness (QED) is 0.850. The molecule has 0 amide bonds. The summed E-state index contributed by atoms with van der Waals surface area (Å²) in [5, 5.41) is 10.4. The minimum Gasteiger partial charge on any atom is -0.481 e. The van der Waals surface area contributed by atoms with Crippen molar-refractivity contribution < 1.29 is 9.90 Å². The summed E-state index contributed by atoms with van der Waals surface area (Å²) in [5.41, 5.74) is 0.458. The van der Waals surface area contributed by atoms with E-state index in [0.717, 1.165) is 18.4 Å². The number of hydrogen-bond donors (Lipinski definition) is 1. The molecule has 1 aromatic carbocycles. The SMILES string of the molecule is O=C(O)C1(c2cccc(Cl)c2)CC2(CCCCCC2)C1. The van der Waals surface area contributed by atoms with Crippen LogP contribution < -0.4 is 0 Å². The molecule has 2 fully saturated rings. The summed E-state index contributed by atoms with van der Waals surface area (Å²) in [6.07, 6.45) is 9.09. The summed E-state index contributed by atoms with van der Waals surface area (Å²) < 4.78 is 0. The minimum absolute atomic E-state index is 0.275. The molecular weight excluding hydrogens is 272 g/mol. The number of rotatable bonds is 2. The van der Waals surface area contributed by atoms with E-state index in [-0.39, 0.29) is 5.41 Å². The highest BCUT2D eigenvalue weighted by molar-refractivity contribution is 6.30. The lowest BCUT2D eigenvalue weighted by Gasteiger charge is -2.54. The molecule has 3 rings (SSSR count). The number of halogens is 1. The minimum atomic E-state index is -0.699. The fourth-order valence-electron chi connectivity index (χ4n) is 4.33. The van der Waals surface area contributed by atoms with Crippen molar-refractivity contribution in [2.24, 2.45) is 5.41 Å². The lowest BCUT2D eigenvalue weighted by atomic mass is 9.48. The average molecular weight is 293 g/mol. The van der Waals surface area contributed by atoms with Gasteiger partial charge in [-0.1, -0.05) is 49.4 Å². The zero-order valence-corrected chi connectivity index (χ0v) is 12.5. The van der Waals surface area contributed by atoms with Crippen molar-refractivity contribution in [2.45, 2.75) is 56.8 Å². The van der Waals surface area contributed by atoms with Crippen LogP contribution in [0.15, 0.2) is 24.3 Å². The molecule has 1 spiro atoms. The van der Waals surface area contributed by atoms with Gasteiger partial charge >= 0.3 is 5.97 Å². The average Bonchev–Trinajstić information content (AvgIpc) is 2.61. The first kappa shape index (κ1) is 13.9. The van der Waals surface area contributed by atoms with E-state index in [1.807, 2.05) is 18.2 Å². The highest BCUT2D eigenvalue weighted by atomic mass is 35.5. The smallest absolute Gasteiger partial charge is 0.314 e. The van der Waals surface area contributed by atoms with Crippen LogP contribution in [0.1, 0.15) is 56.9 Å². The summed E-state index contributed by atoms with van der Waals surface area (Å²) >= 11 is 6.05. The number of carboxylic acid groups (broad SMARTS) is 1. The van der Waals surface area contributed by atoms with Gasteiger partial charge in [-0.05, 0) is 48.8 Å². The van der Waals surface area contributed by atoms with E-state index in [1.54, 1.807) is 6.07 Å². The number of carboxylic acids is 1. The van der Waals surface area contributed by atoms with Crippen LogP contribution >= 0.6 is 11.6 Å². The first-order valence-electron chi connectivity index (χ1n) is 7.56. The predicted molar refractivity (Wildman–Crippen MR) is 80.1 cm³/mol. The van der Waals surface area contributed by atoms with Gasteiger partial charge in [0.1, 0.15) is 0 Å². The Labute approximate surface area is 125 Å². The van der Waals surface area contributed by atoms with E-state index in [0.29, 0.717) is 5.02 Å². The third kappa shape index (κ3) is 2.24. The molecule has 1 N–H and O–H groups in total. The molecule has 0 unspecified atom stereocenters. The van der Waals surface area contributed by atoms with E-state index in [1.165, 1.54) is 38.5 Å². The number of aliphatic carboxylic acids is 1. The fraction of sp³-hybridized carbons (Fsp3) is 0.588. The Kier molecular flexibility index (Phi) is 3.53. The van der Waals surface area contributed by atoms with Crippen LogP contribution in [0.4, 0.5) is 0 Å². The molecule has 0 saturated heterocycles. The van der Waals surface area contributed by atoms with Crippen molar-refractivity contribution >= 4 is 17.6 Å². The summed E-state index contributed by atoms with van der Waals surface area (Å²) in [6, 6.07) is 7.42. The number of carbonyl (C=O) groups is 1. The molecule has 3 heteroatoms. The third-order valence-corrected chi connectivity index (χ3v) is 5.54. The molecule has 0 aliphatic heterocycles. The molecule has 2 nitrogen and oxygen atoms in total. The van der Waals surface area contributed by atoms with Gasteiger partial charge in [0, 0.05) is 5.02 Å². The van der Waals surface area contributed by atoms with Gasteiger partial charge < -0.3 is 5.11 Å². The van der Waals surface area contributed by atoms with Gasteiger partial charge in [-0.15, -0.1) is 0 Å². The first-order valence-corrected chi connectivity index (χ1v) is 7.94. The van der Waals surface area contributed by atoms with Gasteiger partial charge in [-0.3, -0.25) is 4.79 Å². The van der Waals surface area contributed by atoms with Gasteiger partial charge in [0.25, 0.3) is 0 Å². The summed E-state index contributed by atoms with van der Waals surface area (Å²) in [4.78, 5) is 11.9. The monoisotopic (exact) mass is 292 g/mol. The molecule has 1 aromatic rings. The van der Waals surface area contributed by atoms with E-state index in [4.69, 9.17) is 11.6 Å². The van der Waals surface area contributed by atoms with Gasteiger partial charge in [-0.2, -0.15) is 0 Å². The van der Waals surface area contributed by atoms with Crippen LogP contribution in [0.25, 0.3) is 0 Å². The Morgan fingerprint density at radius 3 is 2.30 bits per heavy atom. The Balaban J connectivity index is 1.88. The maximum absolute atomic E-state index is 11.9. The summed E-state index contributed by atoms with van der Waals surface area (Å²) in [6.45, 7) is 0. The van der Waals surface area contributed by atoms with Crippen LogP contribution in [0.3, 0.4) is 0 Å². The molecule has 0 atom stereocenters. The van der Waals surface area contributed by atoms with Crippen LogP contribution in [-0.2, 0) is 10.2 Å². The van der Waals surface area contributed by atoms with Crippen molar-refractivity contribution in [3.8, 4) is 0 Å². The number of hydrogen-bond acceptors (Lipinski definition) is 1. The fourth-order valence-corrected chi connectivity index (χ4v) is 4.52. The Morgan fingerprint density at radius 2 is 1.75 bits per heavy atom. The highest BCUT2D eigenvalue weighted by Gasteiger charge is 2.59. The van der Waals surface area contributed by atoms with Crippen molar-refractivity contribution in [2.75, 3.05) is 0 Å². The molecule has 0 aromatic heterocycles. The second-order valence-corrected chi connectivity index (χ2v) is 7.10. The maximum atomic E-state index is 11.9. The second-order valence-electron chi connectivity index (χ2n) is 6.67. The summed E-state index contributed by atoms with van der Waals surface area (Å²) in [5.74, 6) is -0.686. The van der Waals surface area contributed by atoms with Crippen LogP contribution in [-0.4, -0.2) is 11.1 Å². The van der Waals surface area contributed by atoms with Crippen LogP contribution in [0, 0.1) is 5.41 Å². The third-order valence-electron chi connectivity index (χ3n) is 5.30. The van der Waals surface area contributed by atoms with E-state index in [9.17, 15) is 9.90 Å². The van der Waals surface area contributed by atoms with E-state index >= 15 is 0 Å². The Morgan fingerprint density at radius 1 is 1.10 bits per heavy atom. The van der Waals surface area contributed by atoms with Gasteiger partial charge in [0.15, 0.2) is 0 Å². The predicted octanol–water partition coefficient (Wildman–Crippen LogP) is 4.80. The lowest BCUT2D eigenvalue weighted by molar-refractivity contribution is -0.155. The molecule has 0 heterocycles. The largest absolute Gasteiger partial charge is 0.481 e. The molecular formula is C17H21ClO2. The zero-order chi connectivity index (χ0) is 14.2. The maximum Gasteiger partial charge on any atom is 0.314 e. The Hall–Kier alpha value is -1.02. The molecule has 108 valence electrons. The second kappa shape index (κ2) is 5.07. The standard InChI is InChI=1S/C17H21ClO2/c18-14-7-5-6-13(10-14)17(15(19)20)11-16(12-17)8-3-1-2-4-9-16/h5-7,10H,1-4,8-9,11-12H2,(H,19,20). The van der Waals surface area contributed by atoms with Crippen LogP contribution in [0.5, 0.6) is 0 Å². The van der Waals surface area contributed by atoms with Crippen LogP contribution in [0.2, 0.25) is 5.02 Å². The lowest BCUT2D eigenvalue weighted by Crippen LogP contribution is -2.54. The number of benzene rings is 1. The molecule has 2 aliphatic carbocycles. The van der Waals surface area contributed by atoms with Crippen molar-refractivity contribution in [3.63, 3.8) is 0 Å². The van der Waals surface area contributed by atoms with Gasteiger partial charge in [0.2, 0.25) is 0 Å².